The van der Waals surface area contributed by atoms with E-state index in [0.29, 0.717) is 21.2 Å². The summed E-state index contributed by atoms with van der Waals surface area (Å²) in [7, 11) is 0. The highest BCUT2D eigenvalue weighted by Crippen LogP contribution is 2.13. The van der Waals surface area contributed by atoms with Gasteiger partial charge in [0.15, 0.2) is 10.1 Å². The topological polar surface area (TPSA) is 18.5 Å². The zero-order valence-electron chi connectivity index (χ0n) is 8.51. The first-order valence-electron chi connectivity index (χ1n) is 4.43. The molecule has 16 heavy (non-hydrogen) atoms. The number of hydrogen-bond donors (Lipinski definition) is 0. The molecule has 0 aliphatic carbocycles. The Bertz CT molecular complexity index is 397. The van der Waals surface area contributed by atoms with Gasteiger partial charge in [0.2, 0.25) is 0 Å². The molecule has 1 aromatic rings. The van der Waals surface area contributed by atoms with Gasteiger partial charge in [-0.2, -0.15) is 0 Å². The molecule has 0 amide bonds. The van der Waals surface area contributed by atoms with E-state index in [1.807, 2.05) is 12.1 Å². The molecule has 2 nitrogen and oxygen atoms in total. The summed E-state index contributed by atoms with van der Waals surface area (Å²) in [4.78, 5) is 0. The molecule has 0 saturated carbocycles. The summed E-state index contributed by atoms with van der Waals surface area (Å²) < 4.78 is 10.1. The number of ether oxygens (including phenoxy) is 2. The highest BCUT2D eigenvalue weighted by molar-refractivity contribution is 7.81. The zero-order valence-corrected chi connectivity index (χ0v) is 10.1. The summed E-state index contributed by atoms with van der Waals surface area (Å²) in [5.74, 6) is 0. The number of benzene rings is 1. The molecule has 0 saturated heterocycles. The molecule has 0 aliphatic heterocycles. The Morgan fingerprint density at radius 2 is 1.31 bits per heavy atom. The summed E-state index contributed by atoms with van der Waals surface area (Å²) in [6, 6.07) is 7.29. The monoisotopic (exact) mass is 250 g/mol. The minimum atomic E-state index is 0.306. The molecule has 1 rings (SSSR count). The van der Waals surface area contributed by atoms with E-state index in [1.54, 1.807) is 12.1 Å². The van der Waals surface area contributed by atoms with E-state index in [1.165, 1.54) is 12.5 Å². The lowest BCUT2D eigenvalue weighted by Crippen LogP contribution is -2.09. The summed E-state index contributed by atoms with van der Waals surface area (Å²) >= 11 is 10.2. The minimum Gasteiger partial charge on any atom is -0.453 e. The molecule has 0 aliphatic rings. The summed E-state index contributed by atoms with van der Waals surface area (Å²) in [5, 5.41) is 0.612. The lowest BCUT2D eigenvalue weighted by Gasteiger charge is -2.09. The van der Waals surface area contributed by atoms with Crippen molar-refractivity contribution in [2.45, 2.75) is 0 Å². The molecule has 4 heteroatoms. The van der Waals surface area contributed by atoms with Crippen LogP contribution in [0.15, 0.2) is 49.9 Å². The normalized spacial score (nSPS) is 9.00. The fourth-order valence-electron chi connectivity index (χ4n) is 1.12. The summed E-state index contributed by atoms with van der Waals surface area (Å²) in [6.07, 6.45) is 2.55. The Balaban J connectivity index is 3.09. The predicted molar refractivity (Wildman–Crippen MR) is 72.4 cm³/mol. The maximum Gasteiger partial charge on any atom is 0.197 e. The molecule has 0 heterocycles. The van der Waals surface area contributed by atoms with Gasteiger partial charge < -0.3 is 9.47 Å². The molecule has 0 aromatic heterocycles. The van der Waals surface area contributed by atoms with E-state index in [0.717, 1.165) is 0 Å². The molecule has 0 bridgehead atoms. The van der Waals surface area contributed by atoms with Crippen LogP contribution in [0.4, 0.5) is 0 Å². The molecule has 0 N–H and O–H groups in total. The standard InChI is InChI=1S/C12H10O2S2/c1-3-13-11(15)9-7-5-6-8-10(9)12(16)14-4-2/h3-8H,1-2H2. The average molecular weight is 250 g/mol. The van der Waals surface area contributed by atoms with Crippen molar-refractivity contribution < 1.29 is 9.47 Å². The first-order chi connectivity index (χ1) is 7.70. The summed E-state index contributed by atoms with van der Waals surface area (Å²) in [5.41, 5.74) is 1.40. The van der Waals surface area contributed by atoms with Crippen LogP contribution in [0.5, 0.6) is 0 Å². The SMILES string of the molecule is C=COC(=S)c1ccccc1C(=S)OC=C. The Labute approximate surface area is 105 Å². The second-order valence-corrected chi connectivity index (χ2v) is 3.43. The van der Waals surface area contributed by atoms with Crippen molar-refractivity contribution in [1.29, 1.82) is 0 Å². The lowest BCUT2D eigenvalue weighted by molar-refractivity contribution is 0.482. The van der Waals surface area contributed by atoms with Gasteiger partial charge in [-0.05, 0) is 36.6 Å². The Morgan fingerprint density at radius 3 is 1.62 bits per heavy atom. The molecule has 0 atom stereocenters. The fraction of sp³-hybridized carbons (Fsp3) is 0. The zero-order chi connectivity index (χ0) is 12.0. The van der Waals surface area contributed by atoms with Crippen LogP contribution < -0.4 is 0 Å². The minimum absolute atomic E-state index is 0.306. The van der Waals surface area contributed by atoms with Crippen LogP contribution in [-0.4, -0.2) is 10.1 Å². The summed E-state index contributed by atoms with van der Waals surface area (Å²) in [6.45, 7) is 6.89. The van der Waals surface area contributed by atoms with Crippen molar-refractivity contribution >= 4 is 34.5 Å². The van der Waals surface area contributed by atoms with Gasteiger partial charge in [-0.3, -0.25) is 0 Å². The van der Waals surface area contributed by atoms with Gasteiger partial charge in [-0.25, -0.2) is 0 Å². The van der Waals surface area contributed by atoms with Gasteiger partial charge in [0, 0.05) is 11.1 Å². The highest BCUT2D eigenvalue weighted by atomic mass is 32.1. The first-order valence-corrected chi connectivity index (χ1v) is 5.25. The van der Waals surface area contributed by atoms with E-state index >= 15 is 0 Å². The van der Waals surface area contributed by atoms with Crippen LogP contribution in [0.3, 0.4) is 0 Å². The van der Waals surface area contributed by atoms with Crippen molar-refractivity contribution in [1.82, 2.24) is 0 Å². The third-order valence-corrected chi connectivity index (χ3v) is 2.38. The maximum atomic E-state index is 5.08. The largest absolute Gasteiger partial charge is 0.453 e. The van der Waals surface area contributed by atoms with Crippen LogP contribution in [0.2, 0.25) is 0 Å². The van der Waals surface area contributed by atoms with Crippen LogP contribution in [0, 0.1) is 0 Å². The predicted octanol–water partition coefficient (Wildman–Crippen LogP) is 3.36. The Hall–Kier alpha value is -1.52. The van der Waals surface area contributed by atoms with Crippen LogP contribution in [0.1, 0.15) is 11.1 Å². The van der Waals surface area contributed by atoms with Crippen LogP contribution >= 0.6 is 24.4 Å². The first kappa shape index (κ1) is 12.5. The van der Waals surface area contributed by atoms with Crippen LogP contribution in [0.25, 0.3) is 0 Å². The van der Waals surface area contributed by atoms with Crippen molar-refractivity contribution in [3.8, 4) is 0 Å². The van der Waals surface area contributed by atoms with Crippen molar-refractivity contribution in [2.75, 3.05) is 0 Å². The van der Waals surface area contributed by atoms with Gasteiger partial charge >= 0.3 is 0 Å². The average Bonchev–Trinajstić information content (AvgIpc) is 2.30. The molecule has 0 radical (unpaired) electrons. The maximum absolute atomic E-state index is 5.08. The second kappa shape index (κ2) is 6.15. The highest BCUT2D eigenvalue weighted by Gasteiger charge is 2.12. The third kappa shape index (κ3) is 2.98. The lowest BCUT2D eigenvalue weighted by atomic mass is 10.1. The van der Waals surface area contributed by atoms with Gasteiger partial charge in [-0.1, -0.05) is 25.3 Å². The quantitative estimate of drug-likeness (QED) is 0.602. The Kier molecular flexibility index (Phi) is 4.82. The third-order valence-electron chi connectivity index (χ3n) is 1.75. The van der Waals surface area contributed by atoms with Gasteiger partial charge in [-0.15, -0.1) is 0 Å². The van der Waals surface area contributed by atoms with E-state index in [2.05, 4.69) is 13.2 Å². The molecular formula is C12H10O2S2. The van der Waals surface area contributed by atoms with Crippen molar-refractivity contribution in [3.63, 3.8) is 0 Å². The molecular weight excluding hydrogens is 240 g/mol. The molecule has 0 fully saturated rings. The van der Waals surface area contributed by atoms with E-state index in [9.17, 15) is 0 Å². The molecule has 82 valence electrons. The number of thiocarbonyl (C=S) groups is 2. The fourth-order valence-corrected chi connectivity index (χ4v) is 1.61. The van der Waals surface area contributed by atoms with Crippen molar-refractivity contribution in [3.05, 3.63) is 61.1 Å². The Morgan fingerprint density at radius 1 is 0.938 bits per heavy atom. The molecule has 1 aromatic carbocycles. The van der Waals surface area contributed by atoms with E-state index in [-0.39, 0.29) is 0 Å². The second-order valence-electron chi connectivity index (χ2n) is 2.69. The van der Waals surface area contributed by atoms with E-state index in [4.69, 9.17) is 33.9 Å². The number of hydrogen-bond acceptors (Lipinski definition) is 4. The van der Waals surface area contributed by atoms with Crippen LogP contribution in [-0.2, 0) is 9.47 Å². The van der Waals surface area contributed by atoms with Gasteiger partial charge in [0.1, 0.15) is 0 Å². The van der Waals surface area contributed by atoms with Crippen molar-refractivity contribution in [2.24, 2.45) is 0 Å². The van der Waals surface area contributed by atoms with Gasteiger partial charge in [0.25, 0.3) is 0 Å². The number of rotatable bonds is 4. The smallest absolute Gasteiger partial charge is 0.197 e. The molecule has 0 spiro atoms. The van der Waals surface area contributed by atoms with E-state index < -0.39 is 0 Å². The molecule has 0 unspecified atom stereocenters. The van der Waals surface area contributed by atoms with Gasteiger partial charge in [0.05, 0.1) is 12.5 Å².